The van der Waals surface area contributed by atoms with Crippen LogP contribution in [0.15, 0.2) is 0 Å². The highest BCUT2D eigenvalue weighted by Gasteiger charge is 2.59. The summed E-state index contributed by atoms with van der Waals surface area (Å²) < 4.78 is 120. The van der Waals surface area contributed by atoms with Crippen molar-refractivity contribution in [2.45, 2.75) is 30.8 Å². The minimum Gasteiger partial charge on any atom is -0.311 e. The Balaban J connectivity index is 4.58. The van der Waals surface area contributed by atoms with Gasteiger partial charge in [0.05, 0.1) is 0 Å². The fraction of sp³-hybridized carbons (Fsp3) is 1.00. The van der Waals surface area contributed by atoms with Gasteiger partial charge in [-0.3, -0.25) is 0 Å². The lowest BCUT2D eigenvalue weighted by molar-refractivity contribution is -0.351. The maximum atomic E-state index is 12.2. The van der Waals surface area contributed by atoms with Gasteiger partial charge < -0.3 is 4.74 Å². The molecule has 11 heteroatoms. The lowest BCUT2D eigenvalue weighted by atomic mass is 10.3. The van der Waals surface area contributed by atoms with Gasteiger partial charge in [-0.15, -0.1) is 0 Å². The first-order valence-corrected chi connectivity index (χ1v) is 3.69. The molecule has 0 aliphatic rings. The molecule has 0 amide bonds. The van der Waals surface area contributed by atoms with E-state index in [1.165, 1.54) is 0 Å². The summed E-state index contributed by atoms with van der Waals surface area (Å²) in [7, 11) is 0. The topological polar surface area (TPSA) is 9.23 Å². The van der Waals surface area contributed by atoms with Crippen molar-refractivity contribution in [2.75, 3.05) is 6.61 Å². The van der Waals surface area contributed by atoms with Crippen molar-refractivity contribution in [1.82, 2.24) is 0 Å². The van der Waals surface area contributed by atoms with E-state index in [1.54, 1.807) is 0 Å². The van der Waals surface area contributed by atoms with Crippen LogP contribution in [0.2, 0.25) is 0 Å². The fourth-order valence-electron chi connectivity index (χ4n) is 0.519. The summed E-state index contributed by atoms with van der Waals surface area (Å²) in [6.45, 7) is -2.74. The van der Waals surface area contributed by atoms with E-state index in [4.69, 9.17) is 0 Å². The fourth-order valence-corrected chi connectivity index (χ4v) is 0.519. The summed E-state index contributed by atoms with van der Waals surface area (Å²) in [5, 5.41) is 0. The molecule has 0 bridgehead atoms. The number of ether oxygens (including phenoxy) is 1. The summed E-state index contributed by atoms with van der Waals surface area (Å²) in [5.74, 6) is -5.10. The first kappa shape index (κ1) is 16.3. The molecular weight excluding hydrogens is 278 g/mol. The predicted octanol–water partition coefficient (Wildman–Crippen LogP) is 3.40. The van der Waals surface area contributed by atoms with E-state index in [1.807, 2.05) is 0 Å². The van der Waals surface area contributed by atoms with E-state index in [9.17, 15) is 43.9 Å². The standard InChI is InChI=1S/C6H4F10O/c7-2(5(12,13)14)6(15,16)17-1-4(10,11)3(8)9/h2-3H,1H2/t2-/m0/s1. The normalized spacial score (nSPS) is 16.4. The molecule has 0 N–H and O–H groups in total. The highest BCUT2D eigenvalue weighted by atomic mass is 19.4. The lowest BCUT2D eigenvalue weighted by Gasteiger charge is -2.24. The van der Waals surface area contributed by atoms with E-state index >= 15 is 0 Å². The van der Waals surface area contributed by atoms with Crippen LogP contribution in [-0.2, 0) is 4.74 Å². The summed E-state index contributed by atoms with van der Waals surface area (Å²) in [5.41, 5.74) is 0. The van der Waals surface area contributed by atoms with Crippen molar-refractivity contribution in [3.05, 3.63) is 0 Å². The molecule has 0 unspecified atom stereocenters. The van der Waals surface area contributed by atoms with Crippen molar-refractivity contribution in [2.24, 2.45) is 0 Å². The average Bonchev–Trinajstić information content (AvgIpc) is 2.12. The number of hydrogen-bond donors (Lipinski definition) is 0. The molecule has 0 saturated carbocycles. The Hall–Kier alpha value is -0.740. The second-order valence-corrected chi connectivity index (χ2v) is 2.82. The van der Waals surface area contributed by atoms with Gasteiger partial charge in [0.2, 0.25) is 0 Å². The molecule has 0 heterocycles. The van der Waals surface area contributed by atoms with Gasteiger partial charge in [-0.25, -0.2) is 13.2 Å². The second-order valence-electron chi connectivity index (χ2n) is 2.82. The van der Waals surface area contributed by atoms with Crippen molar-refractivity contribution >= 4 is 0 Å². The smallest absolute Gasteiger partial charge is 0.311 e. The quantitative estimate of drug-likeness (QED) is 0.702. The third kappa shape index (κ3) is 4.56. The molecule has 0 radical (unpaired) electrons. The molecule has 17 heavy (non-hydrogen) atoms. The van der Waals surface area contributed by atoms with Gasteiger partial charge >= 0.3 is 24.6 Å². The van der Waals surface area contributed by atoms with Crippen LogP contribution in [0.25, 0.3) is 0 Å². The zero-order chi connectivity index (χ0) is 14.1. The number of rotatable bonds is 5. The molecular formula is C6H4F10O. The molecule has 0 saturated heterocycles. The molecule has 0 rings (SSSR count). The highest BCUT2D eigenvalue weighted by molar-refractivity contribution is 4.77. The Bertz CT molecular complexity index is 246. The molecule has 104 valence electrons. The molecule has 0 aromatic rings. The summed E-state index contributed by atoms with van der Waals surface area (Å²) in [6.07, 6.45) is -21.1. The van der Waals surface area contributed by atoms with Gasteiger partial charge in [0, 0.05) is 0 Å². The maximum absolute atomic E-state index is 12.2. The van der Waals surface area contributed by atoms with Gasteiger partial charge in [-0.2, -0.15) is 30.7 Å². The highest BCUT2D eigenvalue weighted by Crippen LogP contribution is 2.37. The van der Waals surface area contributed by atoms with Gasteiger partial charge in [0.25, 0.3) is 6.17 Å². The Morgan fingerprint density at radius 3 is 1.53 bits per heavy atom. The van der Waals surface area contributed by atoms with E-state index < -0.39 is 37.4 Å². The van der Waals surface area contributed by atoms with Crippen molar-refractivity contribution in [3.8, 4) is 0 Å². The average molecular weight is 282 g/mol. The maximum Gasteiger partial charge on any atom is 0.428 e. The van der Waals surface area contributed by atoms with E-state index in [0.29, 0.717) is 0 Å². The summed E-state index contributed by atoms with van der Waals surface area (Å²) in [6, 6.07) is 0. The predicted molar refractivity (Wildman–Crippen MR) is 32.8 cm³/mol. The minimum atomic E-state index is -6.07. The van der Waals surface area contributed by atoms with Crippen LogP contribution < -0.4 is 0 Å². The minimum absolute atomic E-state index is 2.59. The third-order valence-corrected chi connectivity index (χ3v) is 1.36. The summed E-state index contributed by atoms with van der Waals surface area (Å²) >= 11 is 0. The first-order chi connectivity index (χ1) is 7.31. The monoisotopic (exact) mass is 282 g/mol. The molecule has 0 aliphatic carbocycles. The van der Waals surface area contributed by atoms with Crippen LogP contribution in [0.5, 0.6) is 0 Å². The molecule has 0 spiro atoms. The Morgan fingerprint density at radius 1 is 0.824 bits per heavy atom. The van der Waals surface area contributed by atoms with Crippen LogP contribution in [0.1, 0.15) is 0 Å². The van der Waals surface area contributed by atoms with Gasteiger partial charge in [-0.05, 0) is 0 Å². The second kappa shape index (κ2) is 4.86. The van der Waals surface area contributed by atoms with Gasteiger partial charge in [0.1, 0.15) is 6.61 Å². The Labute approximate surface area is 87.3 Å². The van der Waals surface area contributed by atoms with Crippen LogP contribution in [-0.4, -0.2) is 37.4 Å². The molecule has 0 aromatic carbocycles. The molecule has 0 fully saturated rings. The largest absolute Gasteiger partial charge is 0.428 e. The van der Waals surface area contributed by atoms with Gasteiger partial charge in [0.15, 0.2) is 0 Å². The van der Waals surface area contributed by atoms with E-state index in [-0.39, 0.29) is 0 Å². The van der Waals surface area contributed by atoms with Crippen LogP contribution >= 0.6 is 0 Å². The van der Waals surface area contributed by atoms with E-state index in [0.717, 1.165) is 0 Å². The molecule has 1 atom stereocenters. The Morgan fingerprint density at radius 2 is 1.24 bits per heavy atom. The first-order valence-electron chi connectivity index (χ1n) is 3.69. The van der Waals surface area contributed by atoms with Crippen molar-refractivity contribution in [1.29, 1.82) is 0 Å². The third-order valence-electron chi connectivity index (χ3n) is 1.36. The van der Waals surface area contributed by atoms with E-state index in [2.05, 4.69) is 4.74 Å². The SMILES string of the molecule is FC(F)C(F)(F)COC(F)(F)[C@@H](F)C(F)(F)F. The molecule has 0 aromatic heterocycles. The van der Waals surface area contributed by atoms with Crippen LogP contribution in [0.3, 0.4) is 0 Å². The molecule has 0 aliphatic heterocycles. The zero-order valence-corrected chi connectivity index (χ0v) is 7.55. The Kier molecular flexibility index (Phi) is 4.65. The van der Waals surface area contributed by atoms with Crippen molar-refractivity contribution < 1.29 is 48.6 Å². The van der Waals surface area contributed by atoms with Crippen LogP contribution in [0.4, 0.5) is 43.9 Å². The zero-order valence-electron chi connectivity index (χ0n) is 7.55. The molecule has 1 nitrogen and oxygen atoms in total. The van der Waals surface area contributed by atoms with Gasteiger partial charge in [-0.1, -0.05) is 0 Å². The summed E-state index contributed by atoms with van der Waals surface area (Å²) in [4.78, 5) is 0. The number of alkyl halides is 10. The lowest BCUT2D eigenvalue weighted by Crippen LogP contribution is -2.46. The van der Waals surface area contributed by atoms with Crippen molar-refractivity contribution in [3.63, 3.8) is 0 Å². The van der Waals surface area contributed by atoms with Crippen LogP contribution in [0, 0.1) is 0 Å². The number of halogens is 10. The number of hydrogen-bond acceptors (Lipinski definition) is 1.